The number of phenols is 1. The van der Waals surface area contributed by atoms with E-state index < -0.39 is 23.4 Å². The van der Waals surface area contributed by atoms with Gasteiger partial charge in [0.05, 0.1) is 12.7 Å². The van der Waals surface area contributed by atoms with Crippen molar-refractivity contribution in [2.45, 2.75) is 39.8 Å². The summed E-state index contributed by atoms with van der Waals surface area (Å²) in [4.78, 5) is 54.0. The Balaban J connectivity index is 1.50. The van der Waals surface area contributed by atoms with Gasteiger partial charge >= 0.3 is 11.9 Å². The van der Waals surface area contributed by atoms with Crippen molar-refractivity contribution in [2.75, 3.05) is 7.11 Å². The van der Waals surface area contributed by atoms with Gasteiger partial charge in [0, 0.05) is 34.8 Å². The van der Waals surface area contributed by atoms with Crippen molar-refractivity contribution >= 4 is 40.7 Å². The minimum absolute atomic E-state index is 0.0990. The second-order valence-electron chi connectivity index (χ2n) is 10.9. The van der Waals surface area contributed by atoms with E-state index in [0.29, 0.717) is 33.2 Å². The molecule has 0 radical (unpaired) electrons. The molecule has 0 aliphatic carbocycles. The van der Waals surface area contributed by atoms with Gasteiger partial charge in [0.1, 0.15) is 17.0 Å². The summed E-state index contributed by atoms with van der Waals surface area (Å²) in [6, 6.07) is 16.3. The number of nitrogens with one attached hydrogen (secondary N) is 3. The molecule has 4 aromatic rings. The molecule has 4 N–H and O–H groups in total. The van der Waals surface area contributed by atoms with Crippen LogP contribution in [0, 0.1) is 6.92 Å². The van der Waals surface area contributed by atoms with Gasteiger partial charge in [-0.15, -0.1) is 0 Å². The smallest absolute Gasteiger partial charge is 0.354 e. The number of aromatic amines is 1. The largest absolute Gasteiger partial charge is 0.508 e. The summed E-state index contributed by atoms with van der Waals surface area (Å²) in [5, 5.41) is 15.6. The number of amides is 2. The number of carbonyl (C=O) groups excluding carboxylic acids is 4. The number of hydrogen-bond acceptors (Lipinski definition) is 7. The Morgan fingerprint density at radius 3 is 2.40 bits per heavy atom. The number of methoxy groups -OCH3 is 1. The number of ether oxygens (including phenoxy) is 2. The summed E-state index contributed by atoms with van der Waals surface area (Å²) in [7, 11) is 1.21. The van der Waals surface area contributed by atoms with Crippen molar-refractivity contribution in [1.82, 2.24) is 15.6 Å². The Morgan fingerprint density at radius 1 is 0.953 bits per heavy atom. The van der Waals surface area contributed by atoms with Gasteiger partial charge in [-0.3, -0.25) is 9.59 Å². The predicted molar refractivity (Wildman–Crippen MR) is 161 cm³/mol. The number of carbonyl (C=O) groups is 4. The highest BCUT2D eigenvalue weighted by Crippen LogP contribution is 2.24. The molecule has 3 aromatic carbocycles. The maximum absolute atomic E-state index is 13.2. The number of rotatable bonds is 8. The lowest BCUT2D eigenvalue weighted by Crippen LogP contribution is -2.29. The summed E-state index contributed by atoms with van der Waals surface area (Å²) in [6.45, 7) is 7.28. The van der Waals surface area contributed by atoms with Crippen molar-refractivity contribution in [3.63, 3.8) is 0 Å². The molecule has 0 bridgehead atoms. The van der Waals surface area contributed by atoms with Crippen LogP contribution < -0.4 is 10.6 Å². The standard InChI is InChI=1S/C33H33N3O7/c1-19-13-22(29(38)35-17-21-7-6-8-23(37)14-21)10-12-24(19)30(39)36-28(32(41)42-5)16-20-9-11-25-26(18-34-27(25)15-20)31(40)43-33(2,3)4/h6-16,18,34,37H,17H2,1-5H3,(H,35,38)(H,36,39)/b28-16-. The molecule has 1 aromatic heterocycles. The van der Waals surface area contributed by atoms with E-state index in [1.165, 1.54) is 25.3 Å². The first kappa shape index (κ1) is 30.6. The molecule has 0 unspecified atom stereocenters. The van der Waals surface area contributed by atoms with Crippen LogP contribution in [-0.2, 0) is 20.8 Å². The van der Waals surface area contributed by atoms with E-state index in [0.717, 1.165) is 5.56 Å². The Labute approximate surface area is 248 Å². The molecule has 0 fully saturated rings. The third kappa shape index (κ3) is 7.68. The highest BCUT2D eigenvalue weighted by Gasteiger charge is 2.21. The first-order chi connectivity index (χ1) is 20.3. The average molecular weight is 584 g/mol. The molecule has 222 valence electrons. The summed E-state index contributed by atoms with van der Waals surface area (Å²) in [5.74, 6) is -2.01. The average Bonchev–Trinajstić information content (AvgIpc) is 3.37. The topological polar surface area (TPSA) is 147 Å². The number of fused-ring (bicyclic) bond motifs is 1. The van der Waals surface area contributed by atoms with E-state index in [-0.39, 0.29) is 29.5 Å². The number of esters is 2. The lowest BCUT2D eigenvalue weighted by atomic mass is 10.0. The van der Waals surface area contributed by atoms with Crippen LogP contribution in [0.4, 0.5) is 0 Å². The molecule has 43 heavy (non-hydrogen) atoms. The first-order valence-corrected chi connectivity index (χ1v) is 13.5. The van der Waals surface area contributed by atoms with Crippen molar-refractivity contribution < 1.29 is 33.8 Å². The van der Waals surface area contributed by atoms with Crippen LogP contribution in [0.3, 0.4) is 0 Å². The van der Waals surface area contributed by atoms with Crippen molar-refractivity contribution in [3.05, 3.63) is 106 Å². The van der Waals surface area contributed by atoms with Crippen LogP contribution in [0.5, 0.6) is 5.75 Å². The maximum atomic E-state index is 13.2. The van der Waals surface area contributed by atoms with Crippen molar-refractivity contribution in [2.24, 2.45) is 0 Å². The molecule has 10 nitrogen and oxygen atoms in total. The zero-order chi connectivity index (χ0) is 31.3. The summed E-state index contributed by atoms with van der Waals surface area (Å²) in [6.07, 6.45) is 3.03. The molecule has 10 heteroatoms. The Morgan fingerprint density at radius 2 is 1.72 bits per heavy atom. The van der Waals surface area contributed by atoms with E-state index in [4.69, 9.17) is 9.47 Å². The van der Waals surface area contributed by atoms with Gasteiger partial charge in [-0.05, 0) is 86.9 Å². The summed E-state index contributed by atoms with van der Waals surface area (Å²) in [5.41, 5.74) is 2.73. The molecular formula is C33H33N3O7. The number of benzene rings is 3. The summed E-state index contributed by atoms with van der Waals surface area (Å²) < 4.78 is 10.4. The van der Waals surface area contributed by atoms with Gasteiger partial charge in [-0.2, -0.15) is 0 Å². The molecule has 2 amide bonds. The molecule has 0 saturated heterocycles. The van der Waals surface area contributed by atoms with Crippen LogP contribution in [0.2, 0.25) is 0 Å². The normalized spacial score (nSPS) is 11.6. The fourth-order valence-corrected chi connectivity index (χ4v) is 4.36. The number of aromatic hydroxyl groups is 1. The third-order valence-electron chi connectivity index (χ3n) is 6.39. The zero-order valence-corrected chi connectivity index (χ0v) is 24.5. The minimum Gasteiger partial charge on any atom is -0.508 e. The van der Waals surface area contributed by atoms with Crippen LogP contribution in [0.1, 0.15) is 68.5 Å². The first-order valence-electron chi connectivity index (χ1n) is 13.5. The second-order valence-corrected chi connectivity index (χ2v) is 10.9. The fraction of sp³-hybridized carbons (Fsp3) is 0.212. The van der Waals surface area contributed by atoms with Gasteiger partial charge in [-0.25, -0.2) is 9.59 Å². The highest BCUT2D eigenvalue weighted by atomic mass is 16.6. The number of phenolic OH excluding ortho intramolecular Hbond substituents is 1. The quantitative estimate of drug-likeness (QED) is 0.168. The van der Waals surface area contributed by atoms with Gasteiger partial charge in [-0.1, -0.05) is 24.3 Å². The minimum atomic E-state index is -0.755. The van der Waals surface area contributed by atoms with E-state index in [9.17, 15) is 24.3 Å². The Kier molecular flexibility index (Phi) is 8.99. The number of H-pyrrole nitrogens is 1. The van der Waals surface area contributed by atoms with E-state index in [1.807, 2.05) is 0 Å². The van der Waals surface area contributed by atoms with Crippen molar-refractivity contribution in [1.29, 1.82) is 0 Å². The zero-order valence-electron chi connectivity index (χ0n) is 24.5. The van der Waals surface area contributed by atoms with Gasteiger partial charge in [0.2, 0.25) is 0 Å². The fourth-order valence-electron chi connectivity index (χ4n) is 4.36. The van der Waals surface area contributed by atoms with Crippen LogP contribution >= 0.6 is 0 Å². The SMILES string of the molecule is COC(=O)/C(=C/c1ccc2c(C(=O)OC(C)(C)C)c[nH]c2c1)NC(=O)c1ccc(C(=O)NCc2cccc(O)c2)cc1C. The number of hydrogen-bond donors (Lipinski definition) is 4. The molecule has 0 spiro atoms. The van der Waals surface area contributed by atoms with Crippen molar-refractivity contribution in [3.8, 4) is 5.75 Å². The monoisotopic (exact) mass is 583 g/mol. The van der Waals surface area contributed by atoms with Crippen LogP contribution in [-0.4, -0.2) is 46.6 Å². The lowest BCUT2D eigenvalue weighted by molar-refractivity contribution is -0.136. The Bertz CT molecular complexity index is 1740. The third-order valence-corrected chi connectivity index (χ3v) is 6.39. The van der Waals surface area contributed by atoms with Gasteiger partial charge in [0.25, 0.3) is 11.8 Å². The number of aryl methyl sites for hydroxylation is 1. The molecule has 0 atom stereocenters. The molecule has 1 heterocycles. The van der Waals surface area contributed by atoms with Crippen LogP contribution in [0.15, 0.2) is 72.6 Å². The van der Waals surface area contributed by atoms with Gasteiger partial charge in [0.15, 0.2) is 0 Å². The molecule has 4 rings (SSSR count). The van der Waals surface area contributed by atoms with Gasteiger partial charge < -0.3 is 30.2 Å². The maximum Gasteiger partial charge on any atom is 0.354 e. The highest BCUT2D eigenvalue weighted by molar-refractivity contribution is 6.06. The van der Waals surface area contributed by atoms with E-state index >= 15 is 0 Å². The predicted octanol–water partition coefficient (Wildman–Crippen LogP) is 5.01. The summed E-state index contributed by atoms with van der Waals surface area (Å²) >= 11 is 0. The number of aromatic nitrogens is 1. The van der Waals surface area contributed by atoms with E-state index in [1.54, 1.807) is 82.4 Å². The lowest BCUT2D eigenvalue weighted by Gasteiger charge is -2.19. The molecule has 0 aliphatic rings. The van der Waals surface area contributed by atoms with Crippen LogP contribution in [0.25, 0.3) is 17.0 Å². The molecular weight excluding hydrogens is 550 g/mol. The van der Waals surface area contributed by atoms with E-state index in [2.05, 4.69) is 15.6 Å². The molecule has 0 aliphatic heterocycles. The molecule has 0 saturated carbocycles. The Hall–Kier alpha value is -5.38. The second kappa shape index (κ2) is 12.6.